The van der Waals surface area contributed by atoms with Crippen molar-refractivity contribution in [2.75, 3.05) is 6.54 Å². The number of hydrogen-bond donors (Lipinski definition) is 4. The Hall–Kier alpha value is -1.96. The fourth-order valence-corrected chi connectivity index (χ4v) is 2.78. The third-order valence-corrected chi connectivity index (χ3v) is 3.87. The lowest BCUT2D eigenvalue weighted by Crippen LogP contribution is -2.38. The van der Waals surface area contributed by atoms with Crippen LogP contribution in [0.25, 0.3) is 0 Å². The van der Waals surface area contributed by atoms with Crippen LogP contribution in [0.1, 0.15) is 18.1 Å². The minimum absolute atomic E-state index is 0.159. The Morgan fingerprint density at radius 2 is 2.17 bits per heavy atom. The van der Waals surface area contributed by atoms with Crippen molar-refractivity contribution in [3.8, 4) is 0 Å². The third kappa shape index (κ3) is 4.28. The van der Waals surface area contributed by atoms with Crippen LogP contribution in [0, 0.1) is 5.41 Å². The van der Waals surface area contributed by atoms with Crippen LogP contribution >= 0.6 is 11.6 Å². The quantitative estimate of drug-likeness (QED) is 0.267. The fourth-order valence-electron chi connectivity index (χ4n) is 2.62. The van der Waals surface area contributed by atoms with Crippen molar-refractivity contribution >= 4 is 28.5 Å². The van der Waals surface area contributed by atoms with Gasteiger partial charge >= 0.3 is 5.97 Å². The Bertz CT molecular complexity index is 618. The van der Waals surface area contributed by atoms with E-state index in [0.717, 1.165) is 5.56 Å². The van der Waals surface area contributed by atoms with Crippen LogP contribution in [-0.4, -0.2) is 46.8 Å². The van der Waals surface area contributed by atoms with Crippen LogP contribution in [0.15, 0.2) is 29.4 Å². The highest BCUT2D eigenvalue weighted by Crippen LogP contribution is 2.18. The number of nitrogens with zero attached hydrogens (tertiary/aromatic N) is 1. The van der Waals surface area contributed by atoms with E-state index in [9.17, 15) is 9.90 Å². The molecule has 0 unspecified atom stereocenters. The Balaban J connectivity index is 2.08. The van der Waals surface area contributed by atoms with Gasteiger partial charge in [-0.15, -0.1) is 0 Å². The average molecular weight is 339 g/mol. The second kappa shape index (κ2) is 7.54. The molecule has 1 aliphatic heterocycles. The molecule has 1 heterocycles. The lowest BCUT2D eigenvalue weighted by Gasteiger charge is -2.21. The molecular formula is C15H19ClN4O3. The molecule has 124 valence electrons. The van der Waals surface area contributed by atoms with Gasteiger partial charge in [0.05, 0.1) is 6.04 Å². The molecule has 2 rings (SSSR count). The van der Waals surface area contributed by atoms with Gasteiger partial charge in [-0.2, -0.15) is 5.10 Å². The van der Waals surface area contributed by atoms with E-state index in [1.165, 1.54) is 6.92 Å². The number of aliphatic hydroxyl groups is 1. The van der Waals surface area contributed by atoms with Crippen molar-refractivity contribution < 1.29 is 14.6 Å². The van der Waals surface area contributed by atoms with Gasteiger partial charge in [-0.3, -0.25) is 10.2 Å². The fraction of sp³-hybridized carbons (Fsp3) is 0.400. The molecule has 3 atom stereocenters. The van der Waals surface area contributed by atoms with Gasteiger partial charge in [-0.25, -0.2) is 0 Å². The summed E-state index contributed by atoms with van der Waals surface area (Å²) < 4.78 is 5.19. The molecule has 1 aliphatic rings. The normalized spacial score (nSPS) is 24.5. The molecule has 0 amide bonds. The van der Waals surface area contributed by atoms with Gasteiger partial charge in [-0.05, 0) is 12.0 Å². The second-order valence-corrected chi connectivity index (χ2v) is 5.73. The zero-order valence-electron chi connectivity index (χ0n) is 12.6. The van der Waals surface area contributed by atoms with Crippen molar-refractivity contribution in [1.29, 1.82) is 5.41 Å². The first-order chi connectivity index (χ1) is 10.9. The number of esters is 1. The summed E-state index contributed by atoms with van der Waals surface area (Å²) in [5.41, 5.74) is 1.84. The van der Waals surface area contributed by atoms with Gasteiger partial charge in [0.15, 0.2) is 0 Å². The summed E-state index contributed by atoms with van der Waals surface area (Å²) in [6, 6.07) is 7.09. The van der Waals surface area contributed by atoms with E-state index in [2.05, 4.69) is 10.4 Å². The second-order valence-electron chi connectivity index (χ2n) is 5.35. The number of hydrogen-bond acceptors (Lipinski definition) is 7. The molecule has 1 fully saturated rings. The van der Waals surface area contributed by atoms with Gasteiger partial charge in [0.2, 0.25) is 0 Å². The SMILES string of the molecule is CC(=O)O[C@@H]1[C@@H](O)CN[C@@H]1Cc1ccc(/C(=N/N)C(=N)Cl)cc1. The van der Waals surface area contributed by atoms with E-state index in [0.29, 0.717) is 18.5 Å². The van der Waals surface area contributed by atoms with Crippen LogP contribution in [0.2, 0.25) is 0 Å². The Labute approximate surface area is 139 Å². The highest BCUT2D eigenvalue weighted by molar-refractivity contribution is 6.84. The first-order valence-electron chi connectivity index (χ1n) is 7.12. The summed E-state index contributed by atoms with van der Waals surface area (Å²) in [4.78, 5) is 11.1. The molecule has 7 nitrogen and oxygen atoms in total. The minimum atomic E-state index is -0.712. The number of halogens is 1. The maximum absolute atomic E-state index is 11.1. The molecule has 0 bridgehead atoms. The lowest BCUT2D eigenvalue weighted by atomic mass is 9.99. The smallest absolute Gasteiger partial charge is 0.303 e. The topological polar surface area (TPSA) is 121 Å². The molecule has 23 heavy (non-hydrogen) atoms. The van der Waals surface area contributed by atoms with Crippen LogP contribution in [0.3, 0.4) is 0 Å². The van der Waals surface area contributed by atoms with E-state index in [1.54, 1.807) is 12.1 Å². The molecule has 8 heteroatoms. The summed E-state index contributed by atoms with van der Waals surface area (Å²) in [5.74, 6) is 4.82. The third-order valence-electron chi connectivity index (χ3n) is 3.69. The molecule has 1 aromatic rings. The number of aliphatic hydroxyl groups excluding tert-OH is 1. The number of nitrogens with two attached hydrogens (primary N) is 1. The zero-order valence-corrected chi connectivity index (χ0v) is 13.4. The van der Waals surface area contributed by atoms with Crippen LogP contribution < -0.4 is 11.2 Å². The molecule has 0 radical (unpaired) electrons. The highest BCUT2D eigenvalue weighted by atomic mass is 35.5. The van der Waals surface area contributed by atoms with Crippen molar-refractivity contribution in [3.63, 3.8) is 0 Å². The zero-order chi connectivity index (χ0) is 17.0. The van der Waals surface area contributed by atoms with E-state index >= 15 is 0 Å². The first kappa shape index (κ1) is 17.4. The van der Waals surface area contributed by atoms with E-state index in [1.807, 2.05) is 12.1 Å². The molecule has 0 saturated carbocycles. The number of ether oxygens (including phenoxy) is 1. The monoisotopic (exact) mass is 338 g/mol. The molecule has 0 aliphatic carbocycles. The standard InChI is InChI=1S/C15H19ClN4O3/c1-8(21)23-14-11(19-7-12(14)22)6-9-2-4-10(5-3-9)13(20-18)15(16)17/h2-5,11-12,14,17,19,22H,6-7,18H2,1H3/b17-15?,20-13-/t11-,12+,14+/m1/s1. The van der Waals surface area contributed by atoms with Crippen molar-refractivity contribution in [3.05, 3.63) is 35.4 Å². The molecular weight excluding hydrogens is 320 g/mol. The lowest BCUT2D eigenvalue weighted by molar-refractivity contribution is -0.151. The Morgan fingerprint density at radius 1 is 1.52 bits per heavy atom. The van der Waals surface area contributed by atoms with Crippen LogP contribution in [0.4, 0.5) is 0 Å². The number of hydrazone groups is 1. The highest BCUT2D eigenvalue weighted by Gasteiger charge is 2.37. The van der Waals surface area contributed by atoms with Gasteiger partial charge in [0, 0.05) is 19.0 Å². The largest absolute Gasteiger partial charge is 0.458 e. The van der Waals surface area contributed by atoms with Gasteiger partial charge in [-0.1, -0.05) is 35.9 Å². The Kier molecular flexibility index (Phi) is 5.70. The summed E-state index contributed by atoms with van der Waals surface area (Å²) in [6.07, 6.45) is -0.692. The average Bonchev–Trinajstić information content (AvgIpc) is 2.82. The molecule has 0 aromatic heterocycles. The number of rotatable bonds is 5. The Morgan fingerprint density at radius 3 is 2.70 bits per heavy atom. The van der Waals surface area contributed by atoms with Crippen molar-refractivity contribution in [1.82, 2.24) is 5.32 Å². The van der Waals surface area contributed by atoms with Crippen molar-refractivity contribution in [2.24, 2.45) is 10.9 Å². The molecule has 0 spiro atoms. The number of carbonyl (C=O) groups excluding carboxylic acids is 1. The van der Waals surface area contributed by atoms with E-state index < -0.39 is 18.2 Å². The summed E-state index contributed by atoms with van der Waals surface area (Å²) >= 11 is 5.63. The number of carbonyl (C=O) groups is 1. The molecule has 5 N–H and O–H groups in total. The predicted molar refractivity (Wildman–Crippen MR) is 87.8 cm³/mol. The van der Waals surface area contributed by atoms with Gasteiger partial charge < -0.3 is 21.0 Å². The molecule has 1 aromatic carbocycles. The van der Waals surface area contributed by atoms with Gasteiger partial charge in [0.1, 0.15) is 23.1 Å². The van der Waals surface area contributed by atoms with E-state index in [4.69, 9.17) is 27.6 Å². The van der Waals surface area contributed by atoms with Gasteiger partial charge in [0.25, 0.3) is 0 Å². The van der Waals surface area contributed by atoms with E-state index in [-0.39, 0.29) is 16.9 Å². The van der Waals surface area contributed by atoms with Crippen molar-refractivity contribution in [2.45, 2.75) is 31.6 Å². The maximum atomic E-state index is 11.1. The maximum Gasteiger partial charge on any atom is 0.303 e. The minimum Gasteiger partial charge on any atom is -0.458 e. The summed E-state index contributed by atoms with van der Waals surface area (Å²) in [6.45, 7) is 1.71. The summed E-state index contributed by atoms with van der Waals surface area (Å²) in [7, 11) is 0. The number of nitrogens with one attached hydrogen (secondary N) is 2. The number of β-amino-alcohol motifs (C(OH)–C–C–N with tert-alkyl or cyclic N) is 1. The predicted octanol–water partition coefficient (Wildman–Crippen LogP) is 0.372. The summed E-state index contributed by atoms with van der Waals surface area (Å²) in [5, 5.41) is 23.7. The number of benzene rings is 1. The van der Waals surface area contributed by atoms with Crippen LogP contribution in [0.5, 0.6) is 0 Å². The first-order valence-corrected chi connectivity index (χ1v) is 7.50. The van der Waals surface area contributed by atoms with Crippen LogP contribution in [-0.2, 0) is 16.0 Å². The molecule has 1 saturated heterocycles.